The number of hydrogen-bond donors (Lipinski definition) is 9. The van der Waals surface area contributed by atoms with Gasteiger partial charge in [-0.25, -0.2) is 15.0 Å². The minimum atomic E-state index is -0.639. The average molecular weight is 1850 g/mol. The number of piperidine rings is 1. The van der Waals surface area contributed by atoms with E-state index in [4.69, 9.17) is 40.3 Å². The number of carbonyl (C=O) groups excluding carboxylic acids is 9. The Hall–Kier alpha value is -12.6. The molecule has 9 N–H and O–H groups in total. The number of aliphatic imine (C=N–C) groups is 1. The Kier molecular flexibility index (Phi) is 36.6. The molecule has 2 fully saturated rings. The fraction of sp³-hybridized carbons (Fsp3) is 0.462. The van der Waals surface area contributed by atoms with Gasteiger partial charge >= 0.3 is 0 Å². The molecule has 3 aliphatic heterocycles. The number of anilines is 5. The van der Waals surface area contributed by atoms with Crippen LogP contribution in [-0.2, 0) is 78.1 Å². The number of amides is 9. The lowest BCUT2D eigenvalue weighted by Crippen LogP contribution is -2.50. The largest absolute Gasteiger partial charge is 0.378 e. The van der Waals surface area contributed by atoms with Gasteiger partial charge in [0.15, 0.2) is 23.3 Å². The van der Waals surface area contributed by atoms with Gasteiger partial charge in [0.2, 0.25) is 35.3 Å². The SMILES string of the molecule is Cc1sc2c(c1C)C(c1ccc(Cl)cc1)=N[C@@H](CC(=O)Nc1ccc(C#CC#CCN(CCOCCOCCOCCOCCOCCNC(=O)CCNC(=O)c3nc(NC(=O)CCNC(=O)c4cc(NC(=O)c5nc(NC(=O)CCNC(=O)c6cc(NC(=O)c7nccn7C)cn6C)cn5C)cn4C)cn3C)CCN3CCN(CC4CCN(C)CC4)CC3)cc1)c1nnc(C)n1-2. The van der Waals surface area contributed by atoms with Crippen LogP contribution in [0, 0.1) is 50.4 Å². The third-order valence-corrected chi connectivity index (χ3v) is 23.8. The Bertz CT molecular complexity index is 5650. The number of piperazine rings is 1. The Labute approximate surface area is 775 Å². The van der Waals surface area contributed by atoms with Gasteiger partial charge in [0.05, 0.1) is 96.1 Å². The summed E-state index contributed by atoms with van der Waals surface area (Å²) in [6.07, 6.45) is 11.4. The van der Waals surface area contributed by atoms with Crippen LogP contribution < -0.4 is 47.9 Å². The van der Waals surface area contributed by atoms with Gasteiger partial charge in [-0.2, -0.15) is 0 Å². The molecule has 7 aromatic heterocycles. The summed E-state index contributed by atoms with van der Waals surface area (Å²) in [5.41, 5.74) is 6.26. The Morgan fingerprint density at radius 3 is 1.65 bits per heavy atom. The number of carbonyl (C=O) groups is 9. The van der Waals surface area contributed by atoms with E-state index in [9.17, 15) is 43.2 Å². The molecular weight excluding hydrogens is 1730 g/mol. The van der Waals surface area contributed by atoms with Crippen LogP contribution in [0.4, 0.5) is 28.7 Å². The fourth-order valence-electron chi connectivity index (χ4n) is 15.0. The van der Waals surface area contributed by atoms with Crippen LogP contribution >= 0.6 is 22.9 Å². The highest BCUT2D eigenvalue weighted by atomic mass is 35.5. The molecule has 0 unspecified atom stereocenters. The number of thiophene rings is 1. The number of fused-ring (bicyclic) bond motifs is 3. The summed E-state index contributed by atoms with van der Waals surface area (Å²) in [5, 5.41) is 35.1. The first-order valence-corrected chi connectivity index (χ1v) is 45.2. The number of ether oxygens (including phenoxy) is 5. The molecule has 1 atom stereocenters. The molecule has 9 aromatic rings. The highest BCUT2D eigenvalue weighted by Gasteiger charge is 2.34. The van der Waals surface area contributed by atoms with E-state index in [2.05, 4.69) is 137 Å². The normalized spacial score (nSPS) is 14.1. The van der Waals surface area contributed by atoms with Gasteiger partial charge in [0.1, 0.15) is 28.3 Å². The van der Waals surface area contributed by atoms with Crippen LogP contribution in [-0.4, -0.2) is 302 Å². The summed E-state index contributed by atoms with van der Waals surface area (Å²) in [4.78, 5) is 146. The highest BCUT2D eigenvalue weighted by Crippen LogP contribution is 2.40. The average Bonchev–Trinajstić information content (AvgIpc) is 1.59. The zero-order valence-corrected chi connectivity index (χ0v) is 77.5. The van der Waals surface area contributed by atoms with Gasteiger partial charge < -0.3 is 104 Å². The van der Waals surface area contributed by atoms with Crippen molar-refractivity contribution in [3.05, 3.63) is 171 Å². The van der Waals surface area contributed by atoms with Gasteiger partial charge in [-0.3, -0.25) is 62.5 Å². The molecule has 9 amide bonds. The lowest BCUT2D eigenvalue weighted by molar-refractivity contribution is -0.121. The summed E-state index contributed by atoms with van der Waals surface area (Å²) in [7, 11) is 10.3. The molecule has 0 bridgehead atoms. The van der Waals surface area contributed by atoms with Crippen molar-refractivity contribution in [3.63, 3.8) is 0 Å². The smallest absolute Gasteiger partial charge is 0.291 e. The molecule has 2 aromatic carbocycles. The molecule has 702 valence electrons. The van der Waals surface area contributed by atoms with Crippen molar-refractivity contribution in [1.29, 1.82) is 0 Å². The number of benzene rings is 2. The van der Waals surface area contributed by atoms with Gasteiger partial charge in [0.25, 0.3) is 29.5 Å². The summed E-state index contributed by atoms with van der Waals surface area (Å²) >= 11 is 7.98. The fourth-order valence-corrected chi connectivity index (χ4v) is 16.4. The van der Waals surface area contributed by atoms with E-state index in [1.807, 2.05) is 60.0 Å². The summed E-state index contributed by atoms with van der Waals surface area (Å²) in [5.74, 6) is 10.8. The second-order valence-electron chi connectivity index (χ2n) is 32.3. The molecule has 41 heteroatoms. The van der Waals surface area contributed by atoms with Crippen molar-refractivity contribution in [2.75, 3.05) is 198 Å². The molecule has 10 heterocycles. The van der Waals surface area contributed by atoms with Crippen molar-refractivity contribution < 1.29 is 66.8 Å². The van der Waals surface area contributed by atoms with Crippen molar-refractivity contribution in [2.45, 2.75) is 65.3 Å². The van der Waals surface area contributed by atoms with Crippen LogP contribution in [0.3, 0.4) is 0 Å². The summed E-state index contributed by atoms with van der Waals surface area (Å²) < 4.78 is 38.2. The van der Waals surface area contributed by atoms with Crippen molar-refractivity contribution >= 4 is 111 Å². The maximum Gasteiger partial charge on any atom is 0.291 e. The van der Waals surface area contributed by atoms with E-state index in [0.717, 1.165) is 84.0 Å². The molecule has 0 saturated carbocycles. The molecule has 12 rings (SSSR count). The van der Waals surface area contributed by atoms with Gasteiger partial charge in [-0.15, -0.1) is 21.5 Å². The number of hydrogen-bond acceptors (Lipinski definition) is 25. The quantitative estimate of drug-likeness (QED) is 0.0171. The van der Waals surface area contributed by atoms with E-state index in [1.54, 1.807) is 63.5 Å². The van der Waals surface area contributed by atoms with E-state index >= 15 is 0 Å². The maximum absolute atomic E-state index is 13.8. The second kappa shape index (κ2) is 49.1. The van der Waals surface area contributed by atoms with E-state index in [-0.39, 0.29) is 116 Å². The first-order valence-electron chi connectivity index (χ1n) is 44.0. The van der Waals surface area contributed by atoms with Gasteiger partial charge in [0, 0.05) is 202 Å². The van der Waals surface area contributed by atoms with Gasteiger partial charge in [-0.1, -0.05) is 35.6 Å². The van der Waals surface area contributed by atoms with Crippen LogP contribution in [0.5, 0.6) is 0 Å². The van der Waals surface area contributed by atoms with Crippen LogP contribution in [0.25, 0.3) is 5.00 Å². The third-order valence-electron chi connectivity index (χ3n) is 22.3. The summed E-state index contributed by atoms with van der Waals surface area (Å²) in [6, 6.07) is 17.4. The highest BCUT2D eigenvalue weighted by molar-refractivity contribution is 7.15. The van der Waals surface area contributed by atoms with E-state index in [1.165, 1.54) is 92.5 Å². The van der Waals surface area contributed by atoms with Crippen LogP contribution in [0.2, 0.25) is 5.02 Å². The number of rotatable bonds is 46. The Morgan fingerprint density at radius 1 is 0.523 bits per heavy atom. The number of nitrogens with one attached hydrogen (secondary N) is 9. The third kappa shape index (κ3) is 29.0. The first kappa shape index (κ1) is 98.5. The zero-order valence-electron chi connectivity index (χ0n) is 76.0. The minimum absolute atomic E-state index is 0.00740. The monoisotopic (exact) mass is 1850 g/mol. The molecule has 0 spiro atoms. The minimum Gasteiger partial charge on any atom is -0.378 e. The topological polar surface area (TPSA) is 427 Å². The van der Waals surface area contributed by atoms with Crippen LogP contribution in [0.15, 0.2) is 103 Å². The first-order chi connectivity index (χ1) is 63.7. The van der Waals surface area contributed by atoms with E-state index < -0.39 is 47.4 Å². The molecule has 132 heavy (non-hydrogen) atoms. The Morgan fingerprint density at radius 2 is 1.07 bits per heavy atom. The second-order valence-corrected chi connectivity index (χ2v) is 34.0. The Balaban J connectivity index is 0.468. The van der Waals surface area contributed by atoms with E-state index in [0.29, 0.717) is 94.8 Å². The molecular formula is C91H116ClN25O14S. The van der Waals surface area contributed by atoms with Crippen molar-refractivity contribution in [2.24, 2.45) is 46.1 Å². The lowest BCUT2D eigenvalue weighted by Gasteiger charge is -2.38. The molecule has 0 radical (unpaired) electrons. The van der Waals surface area contributed by atoms with Crippen molar-refractivity contribution in [3.8, 4) is 28.7 Å². The predicted molar refractivity (Wildman–Crippen MR) is 499 cm³/mol. The standard InChI is InChI=1S/C91H116ClN25O14S/c1-61-62(2)132-91-80(61)81(66-16-18-67(92)19-17-66)101-71(82-107-106-63(3)117(82)91)55-79(121)98-68-20-14-64(15-21-68)13-11-10-12-32-114(36-37-115-38-40-116(41-39-115)56-65-25-33-108(4)34-26-65)42-44-128-46-48-130-50-52-131-51-49-129-47-45-127-43-31-93-76(118)22-27-97-88(124)84-104-74(59-112(84)8)102-77(119)23-28-96-87(123)73-54-70(58-111(73)7)100-90(126)85-105-75(60-113(85)9)103-78(120)24-29-95-86(122)72-53-69(57-110(72)6)99-89(125)83-94-30-35-109(83)5/h14-21,30,35,53-54,57-60,65,71H,22-29,31-34,36-52,55-56H2,1-9H3,(H,93,118)(H,95,122)(H,96,123)(H,97,124)(H,98,121)(H,99,125)(H,100,126)(H,102,119)(H,103,120)/t71-/m0/s1. The molecule has 3 aliphatic rings. The number of likely N-dealkylation sites (tertiary alicyclic amines) is 1. The predicted octanol–water partition coefficient (Wildman–Crippen LogP) is 5.36. The molecule has 39 nitrogen and oxygen atoms in total. The lowest BCUT2D eigenvalue weighted by atomic mass is 9.96. The van der Waals surface area contributed by atoms with Gasteiger partial charge in [-0.05, 0) is 126 Å². The number of halogens is 1. The van der Waals surface area contributed by atoms with Crippen LogP contribution in [0.1, 0.15) is 136 Å². The van der Waals surface area contributed by atoms with Crippen molar-refractivity contribution in [1.82, 2.24) is 93.4 Å². The number of nitrogens with zero attached hydrogens (tertiary/aromatic N) is 16. The number of aromatic nitrogens is 11. The molecule has 2 saturated heterocycles. The zero-order chi connectivity index (χ0) is 93.6. The number of imidazole rings is 3. The summed E-state index contributed by atoms with van der Waals surface area (Å²) in [6.45, 7) is 21.0. The maximum atomic E-state index is 13.8. The number of aryl methyl sites for hydroxylation is 7. The molecule has 0 aliphatic carbocycles.